The summed E-state index contributed by atoms with van der Waals surface area (Å²) >= 11 is 1.77. The summed E-state index contributed by atoms with van der Waals surface area (Å²) < 4.78 is 11.2. The van der Waals surface area contributed by atoms with Crippen molar-refractivity contribution in [3.8, 4) is 5.75 Å². The molecule has 0 fully saturated rings. The molecular weight excluding hydrogens is 384 g/mol. The summed E-state index contributed by atoms with van der Waals surface area (Å²) in [4.78, 5) is 16.2. The summed E-state index contributed by atoms with van der Waals surface area (Å²) in [6, 6.07) is 10.4. The molecule has 0 radical (unpaired) electrons. The van der Waals surface area contributed by atoms with Gasteiger partial charge in [-0.1, -0.05) is 26.0 Å². The molecule has 0 aliphatic carbocycles. The lowest BCUT2D eigenvalue weighted by Gasteiger charge is -2.36. The number of amides is 1. The number of nitrogens with zero attached hydrogens (tertiary/aromatic N) is 1. The molecule has 0 saturated carbocycles. The summed E-state index contributed by atoms with van der Waals surface area (Å²) in [7, 11) is 1.69. The lowest BCUT2D eigenvalue weighted by atomic mass is 10.0. The van der Waals surface area contributed by atoms with Gasteiger partial charge in [-0.3, -0.25) is 4.79 Å². The Hall–Kier alpha value is -1.89. The standard InChI is InChI=1S/C23H32N2O3S/c1-17(2)18-5-7-19(8-6-18)28-16-21-20-10-14-29-22(20)9-12-25(21)23(26)15-24-11-4-13-27-3/h5-8,10,14,17,21,24H,4,9,11-13,15-16H2,1-3H3. The number of hydrogen-bond acceptors (Lipinski definition) is 5. The smallest absolute Gasteiger partial charge is 0.237 e. The summed E-state index contributed by atoms with van der Waals surface area (Å²) in [5, 5.41) is 5.35. The Morgan fingerprint density at radius 1 is 1.28 bits per heavy atom. The highest BCUT2D eigenvalue weighted by atomic mass is 32.1. The molecule has 158 valence electrons. The predicted octanol–water partition coefficient (Wildman–Crippen LogP) is 4.00. The van der Waals surface area contributed by atoms with Crippen molar-refractivity contribution in [3.63, 3.8) is 0 Å². The molecule has 3 rings (SSSR count). The van der Waals surface area contributed by atoms with Crippen molar-refractivity contribution >= 4 is 17.2 Å². The summed E-state index contributed by atoms with van der Waals surface area (Å²) in [6.07, 6.45) is 1.82. The molecule has 2 heterocycles. The molecule has 6 heteroatoms. The second kappa shape index (κ2) is 10.8. The molecule has 1 aromatic carbocycles. The van der Waals surface area contributed by atoms with E-state index >= 15 is 0 Å². The van der Waals surface area contributed by atoms with Crippen molar-refractivity contribution < 1.29 is 14.3 Å². The van der Waals surface area contributed by atoms with Crippen LogP contribution in [0.25, 0.3) is 0 Å². The van der Waals surface area contributed by atoms with E-state index in [2.05, 4.69) is 42.7 Å². The fraction of sp³-hybridized carbons (Fsp3) is 0.522. The Labute approximate surface area is 178 Å². The van der Waals surface area contributed by atoms with Gasteiger partial charge in [-0.2, -0.15) is 0 Å². The Morgan fingerprint density at radius 2 is 2.07 bits per heavy atom. The minimum absolute atomic E-state index is 0.0388. The number of ether oxygens (including phenoxy) is 2. The van der Waals surface area contributed by atoms with Gasteiger partial charge in [0.15, 0.2) is 0 Å². The first-order valence-electron chi connectivity index (χ1n) is 10.4. The van der Waals surface area contributed by atoms with Crippen LogP contribution in [-0.4, -0.2) is 50.8 Å². The van der Waals surface area contributed by atoms with E-state index in [9.17, 15) is 4.79 Å². The van der Waals surface area contributed by atoms with Gasteiger partial charge in [0, 0.05) is 25.1 Å². The maximum absolute atomic E-state index is 12.9. The van der Waals surface area contributed by atoms with Gasteiger partial charge >= 0.3 is 0 Å². The number of fused-ring (bicyclic) bond motifs is 1. The third-order valence-corrected chi connectivity index (χ3v) is 6.34. The third kappa shape index (κ3) is 5.81. The average Bonchev–Trinajstić information content (AvgIpc) is 3.21. The van der Waals surface area contributed by atoms with Crippen molar-refractivity contribution in [1.29, 1.82) is 0 Å². The normalized spacial score (nSPS) is 16.1. The molecule has 0 spiro atoms. The van der Waals surface area contributed by atoms with Gasteiger partial charge in [-0.25, -0.2) is 0 Å². The first kappa shape index (κ1) is 21.8. The van der Waals surface area contributed by atoms with Crippen molar-refractivity contribution in [2.24, 2.45) is 0 Å². The van der Waals surface area contributed by atoms with Crippen LogP contribution in [0.4, 0.5) is 0 Å². The van der Waals surface area contributed by atoms with Crippen molar-refractivity contribution in [2.45, 2.75) is 38.6 Å². The maximum Gasteiger partial charge on any atom is 0.237 e. The number of benzene rings is 1. The zero-order chi connectivity index (χ0) is 20.6. The molecular formula is C23H32N2O3S. The maximum atomic E-state index is 12.9. The van der Waals surface area contributed by atoms with Gasteiger partial charge in [0.1, 0.15) is 12.4 Å². The minimum Gasteiger partial charge on any atom is -0.491 e. The number of nitrogens with one attached hydrogen (secondary N) is 1. The molecule has 0 bridgehead atoms. The van der Waals surface area contributed by atoms with Crippen LogP contribution in [0, 0.1) is 0 Å². The van der Waals surface area contributed by atoms with Crippen LogP contribution >= 0.6 is 11.3 Å². The zero-order valence-corrected chi connectivity index (χ0v) is 18.5. The van der Waals surface area contributed by atoms with Crippen molar-refractivity contribution in [2.75, 3.05) is 40.0 Å². The van der Waals surface area contributed by atoms with Crippen LogP contribution in [0.2, 0.25) is 0 Å². The van der Waals surface area contributed by atoms with E-state index < -0.39 is 0 Å². The SMILES string of the molecule is COCCCNCC(=O)N1CCc2sccc2C1COc1ccc(C(C)C)cc1. The first-order valence-corrected chi connectivity index (χ1v) is 11.3. The molecule has 1 aliphatic rings. The van der Waals surface area contributed by atoms with Gasteiger partial charge in [0.05, 0.1) is 12.6 Å². The summed E-state index contributed by atoms with van der Waals surface area (Å²) in [5.74, 6) is 1.48. The molecule has 1 aliphatic heterocycles. The molecule has 1 unspecified atom stereocenters. The topological polar surface area (TPSA) is 50.8 Å². The number of methoxy groups -OCH3 is 1. The predicted molar refractivity (Wildman–Crippen MR) is 118 cm³/mol. The van der Waals surface area contributed by atoms with Gasteiger partial charge in [0.2, 0.25) is 5.91 Å². The quantitative estimate of drug-likeness (QED) is 0.595. The number of rotatable bonds is 10. The Morgan fingerprint density at radius 3 is 2.79 bits per heavy atom. The second-order valence-corrected chi connectivity index (χ2v) is 8.71. The lowest BCUT2D eigenvalue weighted by Crippen LogP contribution is -2.45. The molecule has 5 nitrogen and oxygen atoms in total. The highest BCUT2D eigenvalue weighted by molar-refractivity contribution is 7.10. The third-order valence-electron chi connectivity index (χ3n) is 5.35. The van der Waals surface area contributed by atoms with Crippen LogP contribution in [-0.2, 0) is 16.0 Å². The molecule has 1 atom stereocenters. The summed E-state index contributed by atoms with van der Waals surface area (Å²) in [5.41, 5.74) is 2.53. The number of thiophene rings is 1. The summed E-state index contributed by atoms with van der Waals surface area (Å²) in [6.45, 7) is 7.41. The highest BCUT2D eigenvalue weighted by Crippen LogP contribution is 2.34. The van der Waals surface area contributed by atoms with E-state index in [4.69, 9.17) is 9.47 Å². The molecule has 1 N–H and O–H groups in total. The van der Waals surface area contributed by atoms with E-state index in [1.807, 2.05) is 17.0 Å². The second-order valence-electron chi connectivity index (χ2n) is 7.71. The molecule has 0 saturated heterocycles. The van der Waals surface area contributed by atoms with Crippen LogP contribution in [0.15, 0.2) is 35.7 Å². The molecule has 2 aromatic rings. The number of carbonyl (C=O) groups is 1. The largest absolute Gasteiger partial charge is 0.491 e. The van der Waals surface area contributed by atoms with E-state index in [0.717, 1.165) is 31.7 Å². The molecule has 1 aromatic heterocycles. The fourth-order valence-electron chi connectivity index (χ4n) is 3.64. The van der Waals surface area contributed by atoms with Crippen LogP contribution in [0.5, 0.6) is 5.75 Å². The lowest BCUT2D eigenvalue weighted by molar-refractivity contribution is -0.133. The highest BCUT2D eigenvalue weighted by Gasteiger charge is 2.31. The van der Waals surface area contributed by atoms with E-state index in [-0.39, 0.29) is 11.9 Å². The number of carbonyl (C=O) groups excluding carboxylic acids is 1. The Kier molecular flexibility index (Phi) is 8.09. The van der Waals surface area contributed by atoms with Crippen LogP contribution in [0.1, 0.15) is 48.2 Å². The minimum atomic E-state index is -0.0388. The van der Waals surface area contributed by atoms with Gasteiger partial charge in [-0.15, -0.1) is 11.3 Å². The Balaban J connectivity index is 1.63. The van der Waals surface area contributed by atoms with Gasteiger partial charge in [0.25, 0.3) is 0 Å². The van der Waals surface area contributed by atoms with E-state index in [1.165, 1.54) is 16.0 Å². The molecule has 1 amide bonds. The first-order chi connectivity index (χ1) is 14.1. The zero-order valence-electron chi connectivity index (χ0n) is 17.6. The number of hydrogen-bond donors (Lipinski definition) is 1. The Bertz CT molecular complexity index is 773. The van der Waals surface area contributed by atoms with Crippen LogP contribution in [0.3, 0.4) is 0 Å². The van der Waals surface area contributed by atoms with Crippen molar-refractivity contribution in [1.82, 2.24) is 10.2 Å². The van der Waals surface area contributed by atoms with Gasteiger partial charge in [-0.05, 0) is 60.0 Å². The van der Waals surface area contributed by atoms with E-state index in [1.54, 1.807) is 18.4 Å². The fourth-order valence-corrected chi connectivity index (χ4v) is 4.57. The van der Waals surface area contributed by atoms with Crippen molar-refractivity contribution in [3.05, 3.63) is 51.7 Å². The average molecular weight is 417 g/mol. The van der Waals surface area contributed by atoms with Crippen LogP contribution < -0.4 is 10.1 Å². The van der Waals surface area contributed by atoms with Gasteiger partial charge < -0.3 is 19.7 Å². The monoisotopic (exact) mass is 416 g/mol. The van der Waals surface area contributed by atoms with E-state index in [0.29, 0.717) is 25.7 Å². The molecule has 29 heavy (non-hydrogen) atoms.